The summed E-state index contributed by atoms with van der Waals surface area (Å²) < 4.78 is 5.70. The summed E-state index contributed by atoms with van der Waals surface area (Å²) in [5.41, 5.74) is 2.68. The number of hydrogen-bond donors (Lipinski definition) is 1. The Balaban J connectivity index is 1.72. The molecule has 0 saturated heterocycles. The molecule has 29 heavy (non-hydrogen) atoms. The molecule has 0 aliphatic heterocycles. The van der Waals surface area contributed by atoms with E-state index in [0.717, 1.165) is 16.7 Å². The molecule has 4 nitrogen and oxygen atoms in total. The van der Waals surface area contributed by atoms with Gasteiger partial charge in [-0.05, 0) is 35.7 Å². The number of benzene rings is 3. The SMILES string of the molecule is Cc1cccc(OC(=O)C2[C@@H](c3ccccc3)C(C(=O)O)[C@@H]2c2ccccc2)c1. The molecule has 0 heterocycles. The second-order valence-corrected chi connectivity index (χ2v) is 7.50. The zero-order chi connectivity index (χ0) is 20.4. The molecule has 1 N–H and O–H groups in total. The van der Waals surface area contributed by atoms with E-state index in [1.54, 1.807) is 12.1 Å². The van der Waals surface area contributed by atoms with E-state index in [-0.39, 0.29) is 0 Å². The summed E-state index contributed by atoms with van der Waals surface area (Å²) in [6.45, 7) is 1.93. The Bertz CT molecular complexity index is 966. The zero-order valence-corrected chi connectivity index (χ0v) is 16.1. The van der Waals surface area contributed by atoms with E-state index in [4.69, 9.17) is 4.74 Å². The summed E-state index contributed by atoms with van der Waals surface area (Å²) in [6, 6.07) is 26.1. The lowest BCUT2D eigenvalue weighted by atomic mass is 9.52. The van der Waals surface area contributed by atoms with Crippen molar-refractivity contribution in [3.05, 3.63) is 102 Å². The summed E-state index contributed by atoms with van der Waals surface area (Å²) in [5, 5.41) is 9.97. The van der Waals surface area contributed by atoms with Gasteiger partial charge in [0.25, 0.3) is 0 Å². The lowest BCUT2D eigenvalue weighted by Gasteiger charge is -2.48. The highest BCUT2D eigenvalue weighted by atomic mass is 16.5. The van der Waals surface area contributed by atoms with Gasteiger partial charge in [0.2, 0.25) is 0 Å². The van der Waals surface area contributed by atoms with Crippen molar-refractivity contribution >= 4 is 11.9 Å². The quantitative estimate of drug-likeness (QED) is 0.505. The zero-order valence-electron chi connectivity index (χ0n) is 16.1. The van der Waals surface area contributed by atoms with Crippen molar-refractivity contribution in [1.82, 2.24) is 0 Å². The van der Waals surface area contributed by atoms with Crippen LogP contribution in [-0.4, -0.2) is 17.0 Å². The molecule has 2 atom stereocenters. The number of carbonyl (C=O) groups is 2. The van der Waals surface area contributed by atoms with Gasteiger partial charge >= 0.3 is 11.9 Å². The van der Waals surface area contributed by atoms with Crippen LogP contribution in [0.25, 0.3) is 0 Å². The maximum absolute atomic E-state index is 13.2. The van der Waals surface area contributed by atoms with E-state index in [0.29, 0.717) is 5.75 Å². The second kappa shape index (κ2) is 7.92. The molecule has 0 amide bonds. The summed E-state index contributed by atoms with van der Waals surface area (Å²) in [7, 11) is 0. The molecule has 4 heteroatoms. The molecule has 0 aromatic heterocycles. The van der Waals surface area contributed by atoms with Crippen LogP contribution in [0, 0.1) is 18.8 Å². The smallest absolute Gasteiger partial charge is 0.315 e. The molecule has 1 saturated carbocycles. The number of carboxylic acid groups (broad SMARTS) is 1. The second-order valence-electron chi connectivity index (χ2n) is 7.50. The Kier molecular flexibility index (Phi) is 5.17. The number of ether oxygens (including phenoxy) is 1. The van der Waals surface area contributed by atoms with Gasteiger partial charge in [-0.2, -0.15) is 0 Å². The maximum atomic E-state index is 13.2. The Labute approximate surface area is 169 Å². The minimum Gasteiger partial charge on any atom is -0.481 e. The molecule has 0 unspecified atom stereocenters. The number of carboxylic acids is 1. The third-order valence-corrected chi connectivity index (χ3v) is 5.68. The summed E-state index contributed by atoms with van der Waals surface area (Å²) in [4.78, 5) is 25.4. The summed E-state index contributed by atoms with van der Waals surface area (Å²) in [5.74, 6) is -2.93. The number of carbonyl (C=O) groups excluding carboxylic acids is 1. The standard InChI is InChI=1S/C25H22O4/c1-16-9-8-14-19(15-16)29-25(28)23-20(17-10-4-2-5-11-17)22(24(26)27)21(23)18-12-6-3-7-13-18/h2-15,20-23H,1H3,(H,26,27)/t20-,21-,22?,23?/m0/s1. The largest absolute Gasteiger partial charge is 0.481 e. The van der Waals surface area contributed by atoms with Crippen LogP contribution in [-0.2, 0) is 9.59 Å². The molecule has 4 rings (SSSR count). The molecule has 3 aromatic carbocycles. The molecular formula is C25H22O4. The van der Waals surface area contributed by atoms with Gasteiger partial charge in [0, 0.05) is 11.8 Å². The number of hydrogen-bond acceptors (Lipinski definition) is 3. The Morgan fingerprint density at radius 3 is 1.79 bits per heavy atom. The van der Waals surface area contributed by atoms with Crippen molar-refractivity contribution in [2.75, 3.05) is 0 Å². The molecule has 146 valence electrons. The average Bonchev–Trinajstić information content (AvgIpc) is 2.68. The maximum Gasteiger partial charge on any atom is 0.315 e. The highest BCUT2D eigenvalue weighted by molar-refractivity contribution is 5.85. The van der Waals surface area contributed by atoms with E-state index in [1.807, 2.05) is 79.7 Å². The fourth-order valence-electron chi connectivity index (χ4n) is 4.39. The first-order valence-corrected chi connectivity index (χ1v) is 9.67. The first-order valence-electron chi connectivity index (χ1n) is 9.67. The molecule has 0 spiro atoms. The predicted molar refractivity (Wildman–Crippen MR) is 110 cm³/mol. The van der Waals surface area contributed by atoms with Crippen LogP contribution in [0.4, 0.5) is 0 Å². The lowest BCUT2D eigenvalue weighted by Crippen LogP contribution is -2.52. The van der Waals surface area contributed by atoms with Crippen LogP contribution in [0.2, 0.25) is 0 Å². The Morgan fingerprint density at radius 2 is 1.31 bits per heavy atom. The highest BCUT2D eigenvalue weighted by Crippen LogP contribution is 2.58. The van der Waals surface area contributed by atoms with Crippen LogP contribution >= 0.6 is 0 Å². The molecule has 0 bridgehead atoms. The monoisotopic (exact) mass is 386 g/mol. The van der Waals surface area contributed by atoms with Gasteiger partial charge < -0.3 is 9.84 Å². The van der Waals surface area contributed by atoms with Gasteiger partial charge in [-0.3, -0.25) is 9.59 Å². The minimum absolute atomic E-state index is 0.393. The van der Waals surface area contributed by atoms with Gasteiger partial charge in [-0.1, -0.05) is 72.8 Å². The first-order chi connectivity index (χ1) is 14.1. The summed E-state index contributed by atoms with van der Waals surface area (Å²) >= 11 is 0. The fraction of sp³-hybridized carbons (Fsp3) is 0.200. The van der Waals surface area contributed by atoms with Gasteiger partial charge in [0.15, 0.2) is 0 Å². The highest BCUT2D eigenvalue weighted by Gasteiger charge is 2.59. The van der Waals surface area contributed by atoms with Crippen molar-refractivity contribution < 1.29 is 19.4 Å². The van der Waals surface area contributed by atoms with E-state index in [9.17, 15) is 14.7 Å². The molecule has 3 aromatic rings. The van der Waals surface area contributed by atoms with E-state index in [2.05, 4.69) is 0 Å². The molecule has 1 fully saturated rings. The predicted octanol–water partition coefficient (Wildman–Crippen LogP) is 4.80. The number of esters is 1. The van der Waals surface area contributed by atoms with E-state index >= 15 is 0 Å². The van der Waals surface area contributed by atoms with Gasteiger partial charge in [-0.15, -0.1) is 0 Å². The van der Waals surface area contributed by atoms with Crippen molar-refractivity contribution in [2.24, 2.45) is 11.8 Å². The Hall–Kier alpha value is -3.40. The molecule has 1 aliphatic carbocycles. The topological polar surface area (TPSA) is 63.6 Å². The van der Waals surface area contributed by atoms with Gasteiger partial charge in [-0.25, -0.2) is 0 Å². The lowest BCUT2D eigenvalue weighted by molar-refractivity contribution is -0.158. The van der Waals surface area contributed by atoms with E-state index in [1.165, 1.54) is 0 Å². The van der Waals surface area contributed by atoms with E-state index < -0.39 is 35.6 Å². The third-order valence-electron chi connectivity index (χ3n) is 5.68. The Morgan fingerprint density at radius 1 is 0.759 bits per heavy atom. The van der Waals surface area contributed by atoms with Crippen molar-refractivity contribution in [2.45, 2.75) is 18.8 Å². The van der Waals surface area contributed by atoms with Crippen molar-refractivity contribution in [1.29, 1.82) is 0 Å². The molecule has 0 radical (unpaired) electrons. The number of aryl methyl sites for hydroxylation is 1. The molecule has 1 aliphatic rings. The van der Waals surface area contributed by atoms with Crippen LogP contribution in [0.5, 0.6) is 5.75 Å². The number of rotatable bonds is 5. The van der Waals surface area contributed by atoms with Crippen LogP contribution in [0.15, 0.2) is 84.9 Å². The number of aliphatic carboxylic acids is 1. The minimum atomic E-state index is -0.896. The fourth-order valence-corrected chi connectivity index (χ4v) is 4.39. The van der Waals surface area contributed by atoms with Crippen LogP contribution in [0.1, 0.15) is 28.5 Å². The average molecular weight is 386 g/mol. The van der Waals surface area contributed by atoms with Crippen molar-refractivity contribution in [3.8, 4) is 5.75 Å². The summed E-state index contributed by atoms with van der Waals surface area (Å²) in [6.07, 6.45) is 0. The van der Waals surface area contributed by atoms with Crippen molar-refractivity contribution in [3.63, 3.8) is 0 Å². The third kappa shape index (κ3) is 3.66. The van der Waals surface area contributed by atoms with Crippen LogP contribution in [0.3, 0.4) is 0 Å². The molecular weight excluding hydrogens is 364 g/mol. The van der Waals surface area contributed by atoms with Gasteiger partial charge in [0.05, 0.1) is 11.8 Å². The van der Waals surface area contributed by atoms with Crippen LogP contribution < -0.4 is 4.74 Å². The van der Waals surface area contributed by atoms with Gasteiger partial charge in [0.1, 0.15) is 5.75 Å². The first kappa shape index (κ1) is 18.9. The normalized spacial score (nSPS) is 23.1.